The number of hydrogen-bond acceptors (Lipinski definition) is 2. The van der Waals surface area contributed by atoms with Gasteiger partial charge in [-0.15, -0.1) is 0 Å². The first-order valence-corrected chi connectivity index (χ1v) is 4.79. The molecule has 0 aliphatic rings. The van der Waals surface area contributed by atoms with Crippen LogP contribution in [0, 0.1) is 6.92 Å². The highest BCUT2D eigenvalue weighted by atomic mass is 16.2. The summed E-state index contributed by atoms with van der Waals surface area (Å²) in [7, 11) is 1.00. The lowest BCUT2D eigenvalue weighted by molar-refractivity contribution is 0.399. The fourth-order valence-corrected chi connectivity index (χ4v) is 1.26. The minimum Gasteiger partial charge on any atom is -0.400 e. The molecule has 0 fully saturated rings. The molecule has 1 heterocycles. The van der Waals surface area contributed by atoms with Crippen LogP contribution >= 0.6 is 0 Å². The molecule has 0 aliphatic heterocycles. The normalized spacial score (nSPS) is 9.00. The number of aromatic nitrogens is 1. The Morgan fingerprint density at radius 1 is 0.933 bits per heavy atom. The molecular weight excluding hydrogens is 186 g/mol. The second-order valence-corrected chi connectivity index (χ2v) is 3.08. The van der Waals surface area contributed by atoms with Gasteiger partial charge in [0.25, 0.3) is 0 Å². The molecule has 0 spiro atoms. The van der Waals surface area contributed by atoms with Gasteiger partial charge >= 0.3 is 0 Å². The van der Waals surface area contributed by atoms with Crippen molar-refractivity contribution in [2.24, 2.45) is 0 Å². The van der Waals surface area contributed by atoms with Gasteiger partial charge in [0.15, 0.2) is 0 Å². The van der Waals surface area contributed by atoms with E-state index in [1.165, 1.54) is 11.1 Å². The first-order chi connectivity index (χ1) is 7.36. The monoisotopic (exact) mass is 201 g/mol. The van der Waals surface area contributed by atoms with Crippen molar-refractivity contribution in [2.75, 3.05) is 7.11 Å². The summed E-state index contributed by atoms with van der Waals surface area (Å²) >= 11 is 0. The Morgan fingerprint density at radius 2 is 1.60 bits per heavy atom. The van der Waals surface area contributed by atoms with Crippen LogP contribution in [0.2, 0.25) is 0 Å². The van der Waals surface area contributed by atoms with Gasteiger partial charge in [-0.05, 0) is 19.1 Å². The van der Waals surface area contributed by atoms with E-state index in [0.29, 0.717) is 0 Å². The second kappa shape index (κ2) is 5.94. The minimum atomic E-state index is 1.00. The van der Waals surface area contributed by atoms with E-state index in [1.54, 1.807) is 0 Å². The van der Waals surface area contributed by atoms with Crippen LogP contribution in [0.5, 0.6) is 0 Å². The predicted molar refractivity (Wildman–Crippen MR) is 62.6 cm³/mol. The van der Waals surface area contributed by atoms with Gasteiger partial charge < -0.3 is 5.11 Å². The molecular formula is C13H15NO. The fourth-order valence-electron chi connectivity index (χ4n) is 1.26. The molecule has 2 nitrogen and oxygen atoms in total. The van der Waals surface area contributed by atoms with Crippen LogP contribution in [0.1, 0.15) is 5.56 Å². The molecule has 0 bridgehead atoms. The lowest BCUT2D eigenvalue weighted by Gasteiger charge is -1.99. The quantitative estimate of drug-likeness (QED) is 0.769. The summed E-state index contributed by atoms with van der Waals surface area (Å²) in [6.45, 7) is 2.09. The van der Waals surface area contributed by atoms with Crippen LogP contribution in [-0.2, 0) is 0 Å². The first-order valence-electron chi connectivity index (χ1n) is 4.79. The van der Waals surface area contributed by atoms with E-state index in [-0.39, 0.29) is 0 Å². The van der Waals surface area contributed by atoms with Gasteiger partial charge in [-0.1, -0.05) is 35.9 Å². The summed E-state index contributed by atoms with van der Waals surface area (Å²) in [6.07, 6.45) is 1.81. The molecule has 1 N–H and O–H groups in total. The third kappa shape index (κ3) is 3.18. The van der Waals surface area contributed by atoms with Crippen molar-refractivity contribution in [3.63, 3.8) is 0 Å². The maximum absolute atomic E-state index is 7.00. The third-order valence-corrected chi connectivity index (χ3v) is 2.01. The molecule has 0 radical (unpaired) electrons. The van der Waals surface area contributed by atoms with Gasteiger partial charge in [0.2, 0.25) is 0 Å². The topological polar surface area (TPSA) is 33.1 Å². The Morgan fingerprint density at radius 3 is 2.13 bits per heavy atom. The highest BCUT2D eigenvalue weighted by Gasteiger charge is 1.95. The molecule has 0 amide bonds. The molecule has 1 aromatic carbocycles. The zero-order valence-corrected chi connectivity index (χ0v) is 9.01. The van der Waals surface area contributed by atoms with E-state index >= 15 is 0 Å². The number of aryl methyl sites for hydroxylation is 1. The van der Waals surface area contributed by atoms with Gasteiger partial charge in [-0.2, -0.15) is 0 Å². The number of hydrogen-bond donors (Lipinski definition) is 1. The number of aliphatic hydroxyl groups is 1. The van der Waals surface area contributed by atoms with Crippen LogP contribution in [0.4, 0.5) is 0 Å². The van der Waals surface area contributed by atoms with E-state index in [1.807, 2.05) is 24.4 Å². The van der Waals surface area contributed by atoms with Gasteiger partial charge in [0, 0.05) is 18.9 Å². The molecule has 2 rings (SSSR count). The van der Waals surface area contributed by atoms with E-state index < -0.39 is 0 Å². The molecule has 0 aliphatic carbocycles. The Balaban J connectivity index is 0.000000531. The number of nitrogens with zero attached hydrogens (tertiary/aromatic N) is 1. The number of aliphatic hydroxyl groups excluding tert-OH is 1. The summed E-state index contributed by atoms with van der Waals surface area (Å²) in [5, 5.41) is 7.00. The highest BCUT2D eigenvalue weighted by Crippen LogP contribution is 2.15. The van der Waals surface area contributed by atoms with Crippen LogP contribution in [0.25, 0.3) is 11.3 Å². The maximum atomic E-state index is 7.00. The minimum absolute atomic E-state index is 1.00. The molecule has 78 valence electrons. The van der Waals surface area contributed by atoms with Crippen molar-refractivity contribution in [3.8, 4) is 11.3 Å². The Kier molecular flexibility index (Phi) is 4.51. The van der Waals surface area contributed by atoms with Crippen molar-refractivity contribution in [1.29, 1.82) is 0 Å². The molecule has 1 aromatic heterocycles. The van der Waals surface area contributed by atoms with Gasteiger partial charge in [0.05, 0.1) is 5.69 Å². The van der Waals surface area contributed by atoms with E-state index in [9.17, 15) is 0 Å². The highest BCUT2D eigenvalue weighted by molar-refractivity contribution is 5.58. The van der Waals surface area contributed by atoms with E-state index in [2.05, 4.69) is 36.2 Å². The maximum Gasteiger partial charge on any atom is 0.0701 e. The van der Waals surface area contributed by atoms with Crippen molar-refractivity contribution in [1.82, 2.24) is 4.98 Å². The number of benzene rings is 1. The molecule has 15 heavy (non-hydrogen) atoms. The summed E-state index contributed by atoms with van der Waals surface area (Å²) in [5.41, 5.74) is 3.48. The van der Waals surface area contributed by atoms with Crippen molar-refractivity contribution >= 4 is 0 Å². The molecule has 2 heteroatoms. The average molecular weight is 201 g/mol. The van der Waals surface area contributed by atoms with Crippen molar-refractivity contribution in [2.45, 2.75) is 6.92 Å². The standard InChI is InChI=1S/C12H11N.CH4O/c1-10-5-7-11(8-6-10)12-4-2-3-9-13-12;1-2/h2-9H,1H3;2H,1H3. The Hall–Kier alpha value is -1.67. The summed E-state index contributed by atoms with van der Waals surface area (Å²) in [5.74, 6) is 0. The second-order valence-electron chi connectivity index (χ2n) is 3.08. The predicted octanol–water partition coefficient (Wildman–Crippen LogP) is 2.67. The molecule has 0 saturated carbocycles. The van der Waals surface area contributed by atoms with E-state index in [4.69, 9.17) is 5.11 Å². The van der Waals surface area contributed by atoms with Crippen LogP contribution in [-0.4, -0.2) is 17.2 Å². The van der Waals surface area contributed by atoms with Crippen molar-refractivity contribution < 1.29 is 5.11 Å². The summed E-state index contributed by atoms with van der Waals surface area (Å²) in [6, 6.07) is 14.3. The molecule has 0 unspecified atom stereocenters. The van der Waals surface area contributed by atoms with Crippen molar-refractivity contribution in [3.05, 3.63) is 54.2 Å². The van der Waals surface area contributed by atoms with Gasteiger partial charge in [-0.25, -0.2) is 0 Å². The Bertz CT molecular complexity index is 381. The smallest absolute Gasteiger partial charge is 0.0701 e. The zero-order chi connectivity index (χ0) is 11.1. The van der Waals surface area contributed by atoms with Crippen LogP contribution in [0.15, 0.2) is 48.7 Å². The SMILES string of the molecule is CO.Cc1ccc(-c2ccccn2)cc1. The summed E-state index contributed by atoms with van der Waals surface area (Å²) in [4.78, 5) is 4.28. The average Bonchev–Trinajstić information content (AvgIpc) is 2.34. The zero-order valence-electron chi connectivity index (χ0n) is 9.01. The number of rotatable bonds is 1. The lowest BCUT2D eigenvalue weighted by Crippen LogP contribution is -1.81. The van der Waals surface area contributed by atoms with Crippen LogP contribution < -0.4 is 0 Å². The molecule has 2 aromatic rings. The number of pyridine rings is 1. The summed E-state index contributed by atoms with van der Waals surface area (Å²) < 4.78 is 0. The largest absolute Gasteiger partial charge is 0.400 e. The van der Waals surface area contributed by atoms with Crippen LogP contribution in [0.3, 0.4) is 0 Å². The fraction of sp³-hybridized carbons (Fsp3) is 0.154. The third-order valence-electron chi connectivity index (χ3n) is 2.01. The lowest BCUT2D eigenvalue weighted by atomic mass is 10.1. The molecule has 0 saturated heterocycles. The Labute approximate surface area is 90.2 Å². The van der Waals surface area contributed by atoms with E-state index in [0.717, 1.165) is 12.8 Å². The first kappa shape index (κ1) is 11.4. The van der Waals surface area contributed by atoms with Gasteiger partial charge in [0.1, 0.15) is 0 Å². The van der Waals surface area contributed by atoms with Gasteiger partial charge in [-0.3, -0.25) is 4.98 Å². The molecule has 0 atom stereocenters.